The van der Waals surface area contributed by atoms with Crippen LogP contribution in [0.5, 0.6) is 0 Å². The van der Waals surface area contributed by atoms with E-state index >= 15 is 0 Å². The number of halogens is 4. The van der Waals surface area contributed by atoms with Crippen LogP contribution < -0.4 is 0 Å². The first kappa shape index (κ1) is 30.2. The molecule has 2 heterocycles. The third-order valence-corrected chi connectivity index (χ3v) is 8.81. The molecule has 9 heteroatoms. The summed E-state index contributed by atoms with van der Waals surface area (Å²) in [5.74, 6) is -1.72. The summed E-state index contributed by atoms with van der Waals surface area (Å²) in [5.41, 5.74) is 4.42. The molecule has 0 saturated carbocycles. The van der Waals surface area contributed by atoms with Gasteiger partial charge in [0.15, 0.2) is 0 Å². The summed E-state index contributed by atoms with van der Waals surface area (Å²) in [6.07, 6.45) is 3.33. The highest BCUT2D eigenvalue weighted by Gasteiger charge is 2.30. The van der Waals surface area contributed by atoms with E-state index in [-0.39, 0.29) is 24.1 Å². The number of esters is 1. The Morgan fingerprint density at radius 3 is 2.43 bits per heavy atom. The Balaban J connectivity index is 1.37. The van der Waals surface area contributed by atoms with Gasteiger partial charge in [0.2, 0.25) is 5.91 Å². The Morgan fingerprint density at radius 1 is 0.929 bits per heavy atom. The van der Waals surface area contributed by atoms with Crippen LogP contribution in [0.2, 0.25) is 10.0 Å². The molecule has 0 bridgehead atoms. The number of allylic oxidation sites excluding steroid dienone is 1. The van der Waals surface area contributed by atoms with Gasteiger partial charge < -0.3 is 9.64 Å². The first-order valence-electron chi connectivity index (χ1n) is 14.1. The third-order valence-electron chi connectivity index (χ3n) is 8.07. The number of hydrogen-bond acceptors (Lipinski definition) is 4. The van der Waals surface area contributed by atoms with Crippen LogP contribution in [0.15, 0.2) is 60.7 Å². The van der Waals surface area contributed by atoms with Gasteiger partial charge in [0.25, 0.3) is 0 Å². The van der Waals surface area contributed by atoms with Crippen LogP contribution >= 0.6 is 23.2 Å². The van der Waals surface area contributed by atoms with Crippen LogP contribution in [0, 0.1) is 11.6 Å². The molecule has 2 aliphatic heterocycles. The summed E-state index contributed by atoms with van der Waals surface area (Å²) in [6, 6.07) is 14.4. The predicted molar refractivity (Wildman–Crippen MR) is 160 cm³/mol. The van der Waals surface area contributed by atoms with Crippen molar-refractivity contribution in [3.63, 3.8) is 0 Å². The van der Waals surface area contributed by atoms with E-state index in [9.17, 15) is 18.4 Å². The Bertz CT molecular complexity index is 1530. The van der Waals surface area contributed by atoms with Crippen molar-refractivity contribution in [1.29, 1.82) is 0 Å². The summed E-state index contributed by atoms with van der Waals surface area (Å²) in [4.78, 5) is 30.7. The van der Waals surface area contributed by atoms with Crippen molar-refractivity contribution in [2.45, 2.75) is 38.6 Å². The van der Waals surface area contributed by atoms with Crippen LogP contribution in [0.4, 0.5) is 8.78 Å². The molecule has 0 saturated heterocycles. The van der Waals surface area contributed by atoms with Gasteiger partial charge in [-0.25, -0.2) is 13.6 Å². The van der Waals surface area contributed by atoms with Crippen molar-refractivity contribution in [3.8, 4) is 0 Å². The first-order chi connectivity index (χ1) is 20.2. The molecule has 0 spiro atoms. The van der Waals surface area contributed by atoms with Gasteiger partial charge in [-0.3, -0.25) is 9.69 Å². The molecule has 0 fully saturated rings. The molecule has 1 unspecified atom stereocenters. The van der Waals surface area contributed by atoms with Crippen molar-refractivity contribution in [3.05, 3.63) is 110 Å². The quantitative estimate of drug-likeness (QED) is 0.234. The van der Waals surface area contributed by atoms with Crippen LogP contribution in [0.1, 0.15) is 47.1 Å². The zero-order valence-electron chi connectivity index (χ0n) is 23.3. The van der Waals surface area contributed by atoms with E-state index in [4.69, 9.17) is 27.9 Å². The SMILES string of the molecule is CC=C1C(=O)OCCN(CCC(C(=O)N2CCc3ccc(F)cc3C2)c2ccc(Cl)c(Cl)c2)CCc2cc(F)ccc21. The van der Waals surface area contributed by atoms with Crippen molar-refractivity contribution in [2.75, 3.05) is 32.8 Å². The summed E-state index contributed by atoms with van der Waals surface area (Å²) in [5, 5.41) is 0.764. The summed E-state index contributed by atoms with van der Waals surface area (Å²) < 4.78 is 33.7. The monoisotopic (exact) mass is 612 g/mol. The Hall–Kier alpha value is -3.26. The molecular weight excluding hydrogens is 581 g/mol. The van der Waals surface area contributed by atoms with Crippen LogP contribution in [0.3, 0.4) is 0 Å². The average Bonchev–Trinajstić information content (AvgIpc) is 2.97. The topological polar surface area (TPSA) is 49.9 Å². The van der Waals surface area contributed by atoms with Gasteiger partial charge in [0, 0.05) is 26.2 Å². The summed E-state index contributed by atoms with van der Waals surface area (Å²) >= 11 is 12.5. The maximum absolute atomic E-state index is 14.2. The maximum atomic E-state index is 14.2. The largest absolute Gasteiger partial charge is 0.461 e. The van der Waals surface area contributed by atoms with E-state index in [0.717, 1.165) is 22.3 Å². The number of rotatable bonds is 5. The Labute approximate surface area is 254 Å². The molecule has 3 aromatic rings. The highest BCUT2D eigenvalue weighted by molar-refractivity contribution is 6.42. The molecule has 1 amide bonds. The van der Waals surface area contributed by atoms with Gasteiger partial charge in [0.05, 0.1) is 21.5 Å². The Kier molecular flexibility index (Phi) is 9.61. The molecule has 2 aliphatic rings. The molecule has 0 radical (unpaired) electrons. The van der Waals surface area contributed by atoms with Crippen molar-refractivity contribution >= 4 is 40.7 Å². The second kappa shape index (κ2) is 13.4. The molecule has 220 valence electrons. The summed E-state index contributed by atoms with van der Waals surface area (Å²) in [7, 11) is 0. The fourth-order valence-corrected chi connectivity index (χ4v) is 6.09. The number of cyclic esters (lactones) is 1. The zero-order valence-corrected chi connectivity index (χ0v) is 24.9. The fraction of sp³-hybridized carbons (Fsp3) is 0.333. The number of carbonyl (C=O) groups is 2. The van der Waals surface area contributed by atoms with Gasteiger partial charge in [-0.2, -0.15) is 0 Å². The molecule has 0 aliphatic carbocycles. The molecule has 0 aromatic heterocycles. The van der Waals surface area contributed by atoms with Gasteiger partial charge in [-0.15, -0.1) is 0 Å². The molecule has 0 N–H and O–H groups in total. The lowest BCUT2D eigenvalue weighted by Crippen LogP contribution is -2.40. The summed E-state index contributed by atoms with van der Waals surface area (Å²) in [6.45, 7) is 4.39. The maximum Gasteiger partial charge on any atom is 0.338 e. The van der Waals surface area contributed by atoms with E-state index in [0.29, 0.717) is 73.2 Å². The molecule has 42 heavy (non-hydrogen) atoms. The number of hydrogen-bond donors (Lipinski definition) is 0. The lowest BCUT2D eigenvalue weighted by Gasteiger charge is -2.33. The minimum absolute atomic E-state index is 0.0686. The van der Waals surface area contributed by atoms with E-state index < -0.39 is 11.9 Å². The molecular formula is C33H32Cl2F2N2O3. The molecule has 1 atom stereocenters. The minimum Gasteiger partial charge on any atom is -0.461 e. The van der Waals surface area contributed by atoms with E-state index in [1.807, 2.05) is 6.07 Å². The third kappa shape index (κ3) is 6.86. The second-order valence-corrected chi connectivity index (χ2v) is 11.5. The van der Waals surface area contributed by atoms with E-state index in [1.54, 1.807) is 42.2 Å². The molecule has 3 aromatic carbocycles. The number of ether oxygens (including phenoxy) is 1. The Morgan fingerprint density at radius 2 is 1.67 bits per heavy atom. The van der Waals surface area contributed by atoms with Gasteiger partial charge >= 0.3 is 5.97 Å². The number of fused-ring (bicyclic) bond motifs is 2. The first-order valence-corrected chi connectivity index (χ1v) is 14.8. The molecule has 5 nitrogen and oxygen atoms in total. The van der Waals surface area contributed by atoms with Crippen molar-refractivity contribution in [1.82, 2.24) is 9.80 Å². The van der Waals surface area contributed by atoms with Crippen molar-refractivity contribution < 1.29 is 23.1 Å². The van der Waals surface area contributed by atoms with Gasteiger partial charge in [0.1, 0.15) is 18.2 Å². The average molecular weight is 614 g/mol. The lowest BCUT2D eigenvalue weighted by atomic mass is 9.91. The van der Waals surface area contributed by atoms with Crippen molar-refractivity contribution in [2.24, 2.45) is 0 Å². The highest BCUT2D eigenvalue weighted by Crippen LogP contribution is 2.32. The van der Waals surface area contributed by atoms with E-state index in [1.165, 1.54) is 24.3 Å². The van der Waals surface area contributed by atoms with E-state index in [2.05, 4.69) is 4.90 Å². The highest BCUT2D eigenvalue weighted by atomic mass is 35.5. The normalized spacial score (nSPS) is 17.8. The zero-order chi connectivity index (χ0) is 29.8. The number of amides is 1. The fourth-order valence-electron chi connectivity index (χ4n) is 5.78. The number of nitrogens with zero attached hydrogens (tertiary/aromatic N) is 2. The standard InChI is InChI=1S/C33H32Cl2F2N2O3/c1-2-27-28-7-6-26(37)17-23(28)9-12-38(15-16-42-33(27)41)13-11-29(22-4-8-30(34)31(35)19-22)32(40)39-14-10-21-3-5-25(36)18-24(21)20-39/h2-8,17-19,29H,9-16,20H2,1H3. The van der Waals surface area contributed by atoms with Gasteiger partial charge in [-0.05, 0) is 96.9 Å². The number of benzene rings is 3. The van der Waals surface area contributed by atoms with Gasteiger partial charge in [-0.1, -0.05) is 47.5 Å². The second-order valence-electron chi connectivity index (χ2n) is 10.7. The number of carbonyl (C=O) groups excluding carboxylic acids is 2. The van der Waals surface area contributed by atoms with Crippen LogP contribution in [0.25, 0.3) is 5.57 Å². The molecule has 5 rings (SSSR count). The lowest BCUT2D eigenvalue weighted by molar-refractivity contribution is -0.137. The minimum atomic E-state index is -0.521. The predicted octanol–water partition coefficient (Wildman–Crippen LogP) is 6.84. The van der Waals surface area contributed by atoms with Crippen LogP contribution in [-0.4, -0.2) is 54.5 Å². The smallest absolute Gasteiger partial charge is 0.338 e. The van der Waals surface area contributed by atoms with Crippen LogP contribution in [-0.2, 0) is 33.7 Å².